The van der Waals surface area contributed by atoms with Crippen molar-refractivity contribution in [1.82, 2.24) is 4.98 Å². The van der Waals surface area contributed by atoms with Gasteiger partial charge >= 0.3 is 0 Å². The van der Waals surface area contributed by atoms with Gasteiger partial charge in [0, 0.05) is 37.8 Å². The molecule has 0 aliphatic carbocycles. The Hall–Kier alpha value is -2.43. The van der Waals surface area contributed by atoms with Crippen molar-refractivity contribution in [2.24, 2.45) is 0 Å². The van der Waals surface area contributed by atoms with Gasteiger partial charge in [-0.15, -0.1) is 17.7 Å². The Balaban J connectivity index is 0.000000366. The second-order valence-corrected chi connectivity index (χ2v) is 5.35. The zero-order chi connectivity index (χ0) is 18.4. The summed E-state index contributed by atoms with van der Waals surface area (Å²) in [6, 6.07) is 15.6. The van der Waals surface area contributed by atoms with Crippen LogP contribution >= 0.6 is 0 Å². The number of allylic oxidation sites excluding steroid dienone is 2. The van der Waals surface area contributed by atoms with Crippen LogP contribution in [0.3, 0.4) is 0 Å². The van der Waals surface area contributed by atoms with Gasteiger partial charge in [-0.05, 0) is 31.0 Å². The Morgan fingerprint density at radius 1 is 1.12 bits per heavy atom. The van der Waals surface area contributed by atoms with E-state index in [0.29, 0.717) is 11.3 Å². The van der Waals surface area contributed by atoms with Crippen LogP contribution < -0.4 is 0 Å². The number of aliphatic hydroxyl groups excluding tert-OH is 1. The first-order valence-electron chi connectivity index (χ1n) is 7.47. The number of nitrogens with zero attached hydrogens (tertiary/aromatic N) is 1. The number of pyridine rings is 1. The molecule has 1 aromatic heterocycles. The minimum Gasteiger partial charge on any atom is -0.512 e. The number of aliphatic hydroxyl groups is 1. The molecule has 3 nitrogen and oxygen atoms in total. The molecule has 1 radical (unpaired) electrons. The summed E-state index contributed by atoms with van der Waals surface area (Å²) in [6.45, 7) is 2.85. The van der Waals surface area contributed by atoms with Crippen LogP contribution in [0.2, 0.25) is 0 Å². The molecule has 0 unspecified atom stereocenters. The monoisotopic (exact) mass is 533 g/mol. The molecule has 6 heteroatoms. The van der Waals surface area contributed by atoms with E-state index in [4.69, 9.17) is 5.11 Å². The molecule has 1 heterocycles. The van der Waals surface area contributed by atoms with E-state index < -0.39 is 11.6 Å². The van der Waals surface area contributed by atoms with Crippen LogP contribution in [-0.4, -0.2) is 15.9 Å². The standard InChI is InChI=1S/C15H8F2N.C5H8O2.Ir/c16-12-7-11(8-13(17)9-12)15-6-5-10-3-1-2-4-14(10)18-15;1-4(6)3-5(2)7;/h1-7,9H;3,6H,1-2H3;/q-1;;/b;4-3-;. The van der Waals surface area contributed by atoms with Crippen LogP contribution in [0.1, 0.15) is 13.8 Å². The Morgan fingerprint density at radius 2 is 1.81 bits per heavy atom. The number of carbonyl (C=O) groups excluding carboxylic acids is 1. The summed E-state index contributed by atoms with van der Waals surface area (Å²) in [5.74, 6) is -1.41. The topological polar surface area (TPSA) is 50.2 Å². The average molecular weight is 533 g/mol. The van der Waals surface area contributed by atoms with Gasteiger partial charge in [-0.1, -0.05) is 36.4 Å². The maximum atomic E-state index is 13.1. The fourth-order valence-electron chi connectivity index (χ4n) is 2.15. The van der Waals surface area contributed by atoms with E-state index >= 15 is 0 Å². The summed E-state index contributed by atoms with van der Waals surface area (Å²) in [6.07, 6.45) is 1.17. The first-order valence-corrected chi connectivity index (χ1v) is 7.47. The van der Waals surface area contributed by atoms with E-state index in [0.717, 1.165) is 17.0 Å². The summed E-state index contributed by atoms with van der Waals surface area (Å²) < 4.78 is 26.2. The molecule has 1 N–H and O–H groups in total. The third-order valence-corrected chi connectivity index (χ3v) is 3.09. The molecule has 3 rings (SSSR count). The molecule has 2 aromatic carbocycles. The molecule has 0 amide bonds. The van der Waals surface area contributed by atoms with Crippen LogP contribution in [0.4, 0.5) is 8.78 Å². The number of ketones is 1. The Kier molecular flexibility index (Phi) is 8.23. The maximum Gasteiger partial charge on any atom is 0.155 e. The molecule has 0 saturated heterocycles. The van der Waals surface area contributed by atoms with Crippen molar-refractivity contribution in [3.63, 3.8) is 0 Å². The number of fused-ring (bicyclic) bond motifs is 1. The van der Waals surface area contributed by atoms with E-state index in [1.807, 2.05) is 30.3 Å². The van der Waals surface area contributed by atoms with Crippen molar-refractivity contribution in [3.8, 4) is 11.3 Å². The Bertz CT molecular complexity index is 918. The molecule has 3 aromatic rings. The summed E-state index contributed by atoms with van der Waals surface area (Å²) in [5.41, 5.74) is 1.61. The van der Waals surface area contributed by atoms with Gasteiger partial charge in [0.15, 0.2) is 5.78 Å². The van der Waals surface area contributed by atoms with Crippen LogP contribution in [-0.2, 0) is 24.9 Å². The fraction of sp³-hybridized carbons (Fsp3) is 0.100. The molecule has 0 aliphatic rings. The van der Waals surface area contributed by atoms with E-state index in [9.17, 15) is 13.6 Å². The van der Waals surface area contributed by atoms with Gasteiger partial charge < -0.3 is 5.11 Å². The second kappa shape index (κ2) is 9.90. The first-order chi connectivity index (χ1) is 11.8. The summed E-state index contributed by atoms with van der Waals surface area (Å²) in [7, 11) is 0. The molecule has 0 bridgehead atoms. The number of hydrogen-bond donors (Lipinski definition) is 1. The first kappa shape index (κ1) is 21.6. The van der Waals surface area contributed by atoms with Crippen molar-refractivity contribution < 1.29 is 38.8 Å². The minimum absolute atomic E-state index is 0. The molecule has 0 saturated carbocycles. The predicted molar refractivity (Wildman–Crippen MR) is 93.0 cm³/mol. The number of hydrogen-bond acceptors (Lipinski definition) is 3. The van der Waals surface area contributed by atoms with Crippen molar-refractivity contribution in [2.75, 3.05) is 0 Å². The van der Waals surface area contributed by atoms with Gasteiger partial charge in [-0.25, -0.2) is 8.78 Å². The van der Waals surface area contributed by atoms with E-state index in [1.165, 1.54) is 26.0 Å². The smallest absolute Gasteiger partial charge is 0.155 e. The van der Waals surface area contributed by atoms with E-state index in [-0.39, 0.29) is 31.6 Å². The summed E-state index contributed by atoms with van der Waals surface area (Å²) in [4.78, 5) is 14.4. The van der Waals surface area contributed by atoms with Gasteiger partial charge in [0.25, 0.3) is 0 Å². The summed E-state index contributed by atoms with van der Waals surface area (Å²) >= 11 is 0. The molecule has 0 fully saturated rings. The van der Waals surface area contributed by atoms with Gasteiger partial charge in [0.2, 0.25) is 0 Å². The third-order valence-electron chi connectivity index (χ3n) is 3.09. The SMILES string of the molecule is CC(=O)/C=C(/C)O.Fc1[c-]c(-c2ccc3ccccc3n2)cc(F)c1.[Ir]. The van der Waals surface area contributed by atoms with Crippen molar-refractivity contribution in [1.29, 1.82) is 0 Å². The molecule has 26 heavy (non-hydrogen) atoms. The Labute approximate surface area is 163 Å². The normalized spacial score (nSPS) is 10.5. The van der Waals surface area contributed by atoms with Crippen LogP contribution in [0.25, 0.3) is 22.2 Å². The number of benzene rings is 2. The van der Waals surface area contributed by atoms with Gasteiger partial charge in [0.05, 0.1) is 11.3 Å². The van der Waals surface area contributed by atoms with Crippen LogP contribution in [0, 0.1) is 17.7 Å². The number of carbonyl (C=O) groups is 1. The predicted octanol–water partition coefficient (Wildman–Crippen LogP) is 5.01. The molecular weight excluding hydrogens is 516 g/mol. The molecule has 137 valence electrons. The van der Waals surface area contributed by atoms with Gasteiger partial charge in [-0.3, -0.25) is 9.78 Å². The minimum atomic E-state index is -0.722. The largest absolute Gasteiger partial charge is 0.512 e. The second-order valence-electron chi connectivity index (χ2n) is 5.35. The van der Waals surface area contributed by atoms with Crippen molar-refractivity contribution in [3.05, 3.63) is 78.1 Å². The zero-order valence-corrected chi connectivity index (χ0v) is 16.5. The zero-order valence-electron chi connectivity index (χ0n) is 14.1. The summed E-state index contributed by atoms with van der Waals surface area (Å²) in [5, 5.41) is 9.35. The molecular formula is C20H16F2IrNO2-. The van der Waals surface area contributed by atoms with Crippen LogP contribution in [0.15, 0.2) is 60.4 Å². The molecule has 0 spiro atoms. The number of halogens is 2. The van der Waals surface area contributed by atoms with E-state index in [2.05, 4.69) is 11.1 Å². The van der Waals surface area contributed by atoms with Crippen molar-refractivity contribution >= 4 is 16.7 Å². The molecule has 0 aliphatic heterocycles. The number of aromatic nitrogens is 1. The van der Waals surface area contributed by atoms with Gasteiger partial charge in [-0.2, -0.15) is 0 Å². The van der Waals surface area contributed by atoms with Crippen LogP contribution in [0.5, 0.6) is 0 Å². The maximum absolute atomic E-state index is 13.1. The number of para-hydroxylation sites is 1. The third kappa shape index (κ3) is 6.47. The Morgan fingerprint density at radius 3 is 2.38 bits per heavy atom. The van der Waals surface area contributed by atoms with Gasteiger partial charge in [0.1, 0.15) is 0 Å². The van der Waals surface area contributed by atoms with Crippen molar-refractivity contribution in [2.45, 2.75) is 13.8 Å². The van der Waals surface area contributed by atoms with E-state index in [1.54, 1.807) is 6.07 Å². The average Bonchev–Trinajstić information content (AvgIpc) is 2.53. The molecule has 0 atom stereocenters. The number of rotatable bonds is 2. The quantitative estimate of drug-likeness (QED) is 0.287. The fourth-order valence-corrected chi connectivity index (χ4v) is 2.15.